The minimum Gasteiger partial charge on any atom is -0.467 e. The topological polar surface area (TPSA) is 55.4 Å². The van der Waals surface area contributed by atoms with Crippen LogP contribution < -0.4 is 5.32 Å². The van der Waals surface area contributed by atoms with E-state index in [1.807, 2.05) is 42.5 Å². The monoisotopic (exact) mass is 351 g/mol. The summed E-state index contributed by atoms with van der Waals surface area (Å²) in [4.78, 5) is 24.6. The number of rotatable bonds is 5. The maximum absolute atomic E-state index is 13.3. The van der Waals surface area contributed by atoms with E-state index < -0.39 is 23.7 Å². The fourth-order valence-corrected chi connectivity index (χ4v) is 2.90. The van der Waals surface area contributed by atoms with Gasteiger partial charge in [0.15, 0.2) is 0 Å². The van der Waals surface area contributed by atoms with E-state index in [4.69, 9.17) is 4.74 Å². The Bertz CT molecular complexity index is 949. The zero-order valence-electron chi connectivity index (χ0n) is 14.2. The molecule has 1 amide bonds. The molecule has 1 N–H and O–H groups in total. The number of halogens is 1. The van der Waals surface area contributed by atoms with E-state index in [0.717, 1.165) is 22.4 Å². The number of esters is 1. The molecule has 0 fully saturated rings. The molecule has 5 heteroatoms. The molecule has 0 saturated carbocycles. The summed E-state index contributed by atoms with van der Waals surface area (Å²) < 4.78 is 18.2. The SMILES string of the molecule is COC(=O)[C@@H](Cc1cccc2ccccc12)NC(=O)c1cccc(F)c1. The van der Waals surface area contributed by atoms with Gasteiger partial charge in [0, 0.05) is 12.0 Å². The van der Waals surface area contributed by atoms with Gasteiger partial charge in [-0.15, -0.1) is 0 Å². The molecule has 3 aromatic rings. The molecule has 0 radical (unpaired) electrons. The van der Waals surface area contributed by atoms with Crippen molar-refractivity contribution in [2.45, 2.75) is 12.5 Å². The summed E-state index contributed by atoms with van der Waals surface area (Å²) >= 11 is 0. The number of nitrogens with one attached hydrogen (secondary N) is 1. The zero-order valence-corrected chi connectivity index (χ0v) is 14.2. The molecule has 3 rings (SSSR count). The average Bonchev–Trinajstić information content (AvgIpc) is 2.67. The first kappa shape index (κ1) is 17.6. The third-order valence-corrected chi connectivity index (χ3v) is 4.18. The molecule has 0 aliphatic heterocycles. The highest BCUT2D eigenvalue weighted by Crippen LogP contribution is 2.20. The molecule has 0 aliphatic rings. The Balaban J connectivity index is 1.86. The van der Waals surface area contributed by atoms with Gasteiger partial charge in [-0.2, -0.15) is 0 Å². The van der Waals surface area contributed by atoms with Crippen molar-refractivity contribution in [3.63, 3.8) is 0 Å². The first-order chi connectivity index (χ1) is 12.6. The summed E-state index contributed by atoms with van der Waals surface area (Å²) in [5, 5.41) is 4.69. The highest BCUT2D eigenvalue weighted by atomic mass is 19.1. The molecule has 0 spiro atoms. The van der Waals surface area contributed by atoms with E-state index in [0.29, 0.717) is 0 Å². The average molecular weight is 351 g/mol. The third-order valence-electron chi connectivity index (χ3n) is 4.18. The molecule has 1 atom stereocenters. The second-order valence-electron chi connectivity index (χ2n) is 5.90. The number of carbonyl (C=O) groups excluding carboxylic acids is 2. The van der Waals surface area contributed by atoms with Crippen molar-refractivity contribution in [3.05, 3.63) is 83.7 Å². The number of amides is 1. The van der Waals surface area contributed by atoms with E-state index >= 15 is 0 Å². The van der Waals surface area contributed by atoms with Gasteiger partial charge >= 0.3 is 5.97 Å². The van der Waals surface area contributed by atoms with Crippen LogP contribution in [-0.2, 0) is 16.0 Å². The minimum atomic E-state index is -0.874. The molecule has 0 bridgehead atoms. The number of ether oxygens (including phenoxy) is 1. The van der Waals surface area contributed by atoms with E-state index in [9.17, 15) is 14.0 Å². The Hall–Kier alpha value is -3.21. The molecule has 132 valence electrons. The van der Waals surface area contributed by atoms with Gasteiger partial charge in [0.05, 0.1) is 7.11 Å². The van der Waals surface area contributed by atoms with Crippen molar-refractivity contribution in [1.82, 2.24) is 5.32 Å². The first-order valence-electron chi connectivity index (χ1n) is 8.19. The van der Waals surface area contributed by atoms with Crippen molar-refractivity contribution >= 4 is 22.6 Å². The number of benzene rings is 3. The van der Waals surface area contributed by atoms with Crippen LogP contribution in [0.3, 0.4) is 0 Å². The Morgan fingerprint density at radius 1 is 1.04 bits per heavy atom. The fourth-order valence-electron chi connectivity index (χ4n) is 2.90. The van der Waals surface area contributed by atoms with Gasteiger partial charge in [-0.25, -0.2) is 9.18 Å². The summed E-state index contributed by atoms with van der Waals surface area (Å²) in [6, 6.07) is 18.1. The molecule has 0 aromatic heterocycles. The van der Waals surface area contributed by atoms with Crippen LogP contribution in [0, 0.1) is 5.82 Å². The van der Waals surface area contributed by atoms with Gasteiger partial charge in [0.25, 0.3) is 5.91 Å². The molecule has 0 saturated heterocycles. The maximum atomic E-state index is 13.3. The minimum absolute atomic E-state index is 0.150. The van der Waals surface area contributed by atoms with E-state index in [1.165, 1.54) is 25.3 Å². The Morgan fingerprint density at radius 3 is 2.54 bits per heavy atom. The van der Waals surface area contributed by atoms with Crippen LogP contribution >= 0.6 is 0 Å². The molecule has 0 heterocycles. The summed E-state index contributed by atoms with van der Waals surface area (Å²) in [6.07, 6.45) is 0.273. The highest BCUT2D eigenvalue weighted by Gasteiger charge is 2.23. The van der Waals surface area contributed by atoms with Gasteiger partial charge in [-0.1, -0.05) is 48.5 Å². The van der Waals surface area contributed by atoms with Gasteiger partial charge in [0.2, 0.25) is 0 Å². The van der Waals surface area contributed by atoms with Gasteiger partial charge in [-0.3, -0.25) is 4.79 Å². The lowest BCUT2D eigenvalue weighted by atomic mass is 9.98. The van der Waals surface area contributed by atoms with Crippen molar-refractivity contribution < 1.29 is 18.7 Å². The van der Waals surface area contributed by atoms with Crippen molar-refractivity contribution in [1.29, 1.82) is 0 Å². The van der Waals surface area contributed by atoms with E-state index in [2.05, 4.69) is 5.32 Å². The normalized spacial score (nSPS) is 11.8. The molecule has 0 aliphatic carbocycles. The molecule has 0 unspecified atom stereocenters. The van der Waals surface area contributed by atoms with Crippen molar-refractivity contribution in [3.8, 4) is 0 Å². The van der Waals surface area contributed by atoms with Crippen LogP contribution in [0.5, 0.6) is 0 Å². The predicted octanol–water partition coefficient (Wildman–Crippen LogP) is 3.49. The van der Waals surface area contributed by atoms with Crippen LogP contribution in [0.2, 0.25) is 0 Å². The van der Waals surface area contributed by atoms with Crippen LogP contribution in [0.25, 0.3) is 10.8 Å². The lowest BCUT2D eigenvalue weighted by Gasteiger charge is -2.18. The van der Waals surface area contributed by atoms with Crippen LogP contribution in [-0.4, -0.2) is 25.0 Å². The Morgan fingerprint density at radius 2 is 1.77 bits per heavy atom. The second kappa shape index (κ2) is 7.78. The van der Waals surface area contributed by atoms with E-state index in [1.54, 1.807) is 0 Å². The summed E-state index contributed by atoms with van der Waals surface area (Å²) in [5.41, 5.74) is 1.06. The second-order valence-corrected chi connectivity index (χ2v) is 5.90. The summed E-state index contributed by atoms with van der Waals surface area (Å²) in [6.45, 7) is 0. The molecule has 3 aromatic carbocycles. The maximum Gasteiger partial charge on any atom is 0.328 e. The lowest BCUT2D eigenvalue weighted by molar-refractivity contribution is -0.142. The first-order valence-corrected chi connectivity index (χ1v) is 8.19. The fraction of sp³-hybridized carbons (Fsp3) is 0.143. The van der Waals surface area contributed by atoms with Crippen molar-refractivity contribution in [2.75, 3.05) is 7.11 Å². The van der Waals surface area contributed by atoms with Crippen LogP contribution in [0.4, 0.5) is 4.39 Å². The quantitative estimate of drug-likeness (QED) is 0.716. The Kier molecular flexibility index (Phi) is 5.27. The lowest BCUT2D eigenvalue weighted by Crippen LogP contribution is -2.43. The standard InChI is InChI=1S/C21H18FNO3/c1-26-21(25)19(23-20(24)16-9-5-10-17(22)12-16)13-15-8-4-7-14-6-2-3-11-18(14)15/h2-12,19H,13H2,1H3,(H,23,24)/t19-/m1/s1. The molecular formula is C21H18FNO3. The number of hydrogen-bond donors (Lipinski definition) is 1. The summed E-state index contributed by atoms with van der Waals surface area (Å²) in [5.74, 6) is -1.59. The number of fused-ring (bicyclic) bond motifs is 1. The highest BCUT2D eigenvalue weighted by molar-refractivity contribution is 5.97. The Labute approximate surface area is 150 Å². The van der Waals surface area contributed by atoms with Gasteiger partial charge in [0.1, 0.15) is 11.9 Å². The van der Waals surface area contributed by atoms with Gasteiger partial charge < -0.3 is 10.1 Å². The smallest absolute Gasteiger partial charge is 0.328 e. The zero-order chi connectivity index (χ0) is 18.5. The number of carbonyl (C=O) groups is 2. The molecular weight excluding hydrogens is 333 g/mol. The van der Waals surface area contributed by atoms with Crippen LogP contribution in [0.15, 0.2) is 66.7 Å². The molecule has 4 nitrogen and oxygen atoms in total. The predicted molar refractivity (Wildman–Crippen MR) is 97.3 cm³/mol. The van der Waals surface area contributed by atoms with Gasteiger partial charge in [-0.05, 0) is 34.5 Å². The van der Waals surface area contributed by atoms with Crippen LogP contribution in [0.1, 0.15) is 15.9 Å². The summed E-state index contributed by atoms with van der Waals surface area (Å²) in [7, 11) is 1.27. The van der Waals surface area contributed by atoms with E-state index in [-0.39, 0.29) is 12.0 Å². The number of hydrogen-bond acceptors (Lipinski definition) is 3. The third kappa shape index (κ3) is 3.88. The van der Waals surface area contributed by atoms with Crippen molar-refractivity contribution in [2.24, 2.45) is 0 Å². The number of methoxy groups -OCH3 is 1. The molecule has 26 heavy (non-hydrogen) atoms. The largest absolute Gasteiger partial charge is 0.467 e.